The molecule has 0 saturated heterocycles. The molecule has 0 heterocycles. The van der Waals surface area contributed by atoms with E-state index in [1.54, 1.807) is 6.08 Å². The molecule has 2 aliphatic rings. The van der Waals surface area contributed by atoms with Gasteiger partial charge in [-0.1, -0.05) is 26.8 Å². The highest BCUT2D eigenvalue weighted by Crippen LogP contribution is 2.64. The Kier molecular flexibility index (Phi) is 4.83. The van der Waals surface area contributed by atoms with E-state index in [2.05, 4.69) is 27.4 Å². The lowest BCUT2D eigenvalue weighted by molar-refractivity contribution is -0.236. The molecule has 2 rings (SSSR count). The molecule has 7 atom stereocenters. The Morgan fingerprint density at radius 3 is 2.39 bits per heavy atom. The fourth-order valence-electron chi connectivity index (χ4n) is 5.38. The molecule has 0 radical (unpaired) electrons. The molecular weight excluding hydrogens is 288 g/mol. The summed E-state index contributed by atoms with van der Waals surface area (Å²) in [4.78, 5) is 0. The summed E-state index contributed by atoms with van der Waals surface area (Å²) in [6, 6.07) is 0. The largest absolute Gasteiger partial charge is 0.390 e. The van der Waals surface area contributed by atoms with Crippen molar-refractivity contribution in [1.29, 1.82) is 0 Å². The van der Waals surface area contributed by atoms with Gasteiger partial charge < -0.3 is 15.3 Å². The molecule has 7 unspecified atom stereocenters. The number of rotatable bonds is 4. The molecule has 0 aromatic rings. The predicted octanol–water partition coefficient (Wildman–Crippen LogP) is 3.67. The molecule has 3 heteroatoms. The number of fused-ring (bicyclic) bond motifs is 1. The summed E-state index contributed by atoms with van der Waals surface area (Å²) in [5, 5.41) is 31.8. The van der Waals surface area contributed by atoms with Crippen molar-refractivity contribution in [3.8, 4) is 0 Å². The van der Waals surface area contributed by atoms with Crippen molar-refractivity contribution in [1.82, 2.24) is 0 Å². The molecule has 2 fully saturated rings. The number of hydrogen-bond acceptors (Lipinski definition) is 3. The van der Waals surface area contributed by atoms with E-state index < -0.39 is 17.3 Å². The summed E-state index contributed by atoms with van der Waals surface area (Å²) in [6.07, 6.45) is 6.22. The number of hydrogen-bond donors (Lipinski definition) is 3. The molecule has 0 aromatic heterocycles. The van der Waals surface area contributed by atoms with Crippen molar-refractivity contribution in [3.05, 3.63) is 12.7 Å². The van der Waals surface area contributed by atoms with Crippen molar-refractivity contribution in [2.45, 2.75) is 90.4 Å². The van der Waals surface area contributed by atoms with Crippen LogP contribution in [-0.2, 0) is 0 Å². The first-order chi connectivity index (χ1) is 10.4. The molecular formula is C20H36O3. The van der Waals surface area contributed by atoms with Crippen molar-refractivity contribution >= 4 is 0 Å². The minimum Gasteiger partial charge on any atom is -0.390 e. The Labute approximate surface area is 141 Å². The molecule has 2 saturated carbocycles. The molecule has 0 bridgehead atoms. The van der Waals surface area contributed by atoms with Crippen molar-refractivity contribution in [2.24, 2.45) is 22.7 Å². The van der Waals surface area contributed by atoms with Gasteiger partial charge in [-0.3, -0.25) is 0 Å². The predicted molar refractivity (Wildman–Crippen MR) is 94.0 cm³/mol. The van der Waals surface area contributed by atoms with Crippen LogP contribution in [0.1, 0.15) is 73.1 Å². The third-order valence-electron chi connectivity index (χ3n) is 7.93. The maximum atomic E-state index is 11.1. The maximum Gasteiger partial charge on any atom is 0.0933 e. The SMILES string of the molecule is C=CC(C)(O)CCC1(C)C(C)CCC2(C)C1CCC(O)C2(C)O. The highest BCUT2D eigenvalue weighted by atomic mass is 16.3. The van der Waals surface area contributed by atoms with Crippen molar-refractivity contribution < 1.29 is 15.3 Å². The lowest BCUT2D eigenvalue weighted by Crippen LogP contribution is -2.65. The van der Waals surface area contributed by atoms with E-state index in [9.17, 15) is 15.3 Å². The van der Waals surface area contributed by atoms with Crippen molar-refractivity contribution in [3.63, 3.8) is 0 Å². The Morgan fingerprint density at radius 2 is 1.83 bits per heavy atom. The maximum absolute atomic E-state index is 11.1. The molecule has 134 valence electrons. The Morgan fingerprint density at radius 1 is 1.22 bits per heavy atom. The lowest BCUT2D eigenvalue weighted by atomic mass is 9.43. The van der Waals surface area contributed by atoms with E-state index in [0.29, 0.717) is 24.7 Å². The molecule has 0 aromatic carbocycles. The molecule has 2 aliphatic carbocycles. The topological polar surface area (TPSA) is 60.7 Å². The quantitative estimate of drug-likeness (QED) is 0.692. The van der Waals surface area contributed by atoms with E-state index in [1.807, 2.05) is 13.8 Å². The third-order valence-corrected chi connectivity index (χ3v) is 7.93. The average molecular weight is 325 g/mol. The van der Waals surface area contributed by atoms with Crippen LogP contribution in [0.25, 0.3) is 0 Å². The lowest BCUT2D eigenvalue weighted by Gasteiger charge is -2.64. The van der Waals surface area contributed by atoms with Crippen LogP contribution in [-0.4, -0.2) is 32.6 Å². The minimum absolute atomic E-state index is 0.0597. The van der Waals surface area contributed by atoms with E-state index in [4.69, 9.17) is 0 Å². The minimum atomic E-state index is -1.04. The summed E-state index contributed by atoms with van der Waals surface area (Å²) >= 11 is 0. The molecule has 3 N–H and O–H groups in total. The van der Waals surface area contributed by atoms with E-state index in [0.717, 1.165) is 25.7 Å². The normalized spacial score (nSPS) is 50.0. The highest BCUT2D eigenvalue weighted by molar-refractivity contribution is 5.12. The van der Waals surface area contributed by atoms with Crippen LogP contribution in [0.3, 0.4) is 0 Å². The fourth-order valence-corrected chi connectivity index (χ4v) is 5.38. The van der Waals surface area contributed by atoms with Crippen LogP contribution < -0.4 is 0 Å². The van der Waals surface area contributed by atoms with Crippen LogP contribution in [0.5, 0.6) is 0 Å². The smallest absolute Gasteiger partial charge is 0.0933 e. The van der Waals surface area contributed by atoms with Crippen LogP contribution in [0.4, 0.5) is 0 Å². The second-order valence-electron chi connectivity index (χ2n) is 9.22. The van der Waals surface area contributed by atoms with Crippen LogP contribution >= 0.6 is 0 Å². The van der Waals surface area contributed by atoms with Gasteiger partial charge in [-0.05, 0) is 69.6 Å². The molecule has 0 amide bonds. The van der Waals surface area contributed by atoms with Gasteiger partial charge in [-0.25, -0.2) is 0 Å². The average Bonchev–Trinajstić information content (AvgIpc) is 2.48. The summed E-state index contributed by atoms with van der Waals surface area (Å²) in [6.45, 7) is 14.2. The van der Waals surface area contributed by atoms with E-state index in [1.165, 1.54) is 0 Å². The zero-order chi connectivity index (χ0) is 17.7. The summed E-state index contributed by atoms with van der Waals surface area (Å²) in [7, 11) is 0. The first kappa shape index (κ1) is 19.0. The zero-order valence-electron chi connectivity index (χ0n) is 15.6. The van der Waals surface area contributed by atoms with Crippen LogP contribution in [0, 0.1) is 22.7 Å². The third kappa shape index (κ3) is 2.89. The van der Waals surface area contributed by atoms with Gasteiger partial charge in [0.1, 0.15) is 0 Å². The zero-order valence-corrected chi connectivity index (χ0v) is 15.6. The van der Waals surface area contributed by atoms with Gasteiger partial charge in [0.2, 0.25) is 0 Å². The monoisotopic (exact) mass is 324 g/mol. The number of aliphatic hydroxyl groups excluding tert-OH is 1. The molecule has 0 spiro atoms. The molecule has 0 aliphatic heterocycles. The van der Waals surface area contributed by atoms with Gasteiger partial charge in [-0.15, -0.1) is 6.58 Å². The standard InChI is InChI=1S/C20H36O3/c1-7-17(3,22)12-13-18(4)14(2)10-11-19(5)15(18)8-9-16(21)20(19,6)23/h7,14-16,21-23H,1,8-13H2,2-6H3. The second kappa shape index (κ2) is 5.86. The summed E-state index contributed by atoms with van der Waals surface area (Å²) < 4.78 is 0. The van der Waals surface area contributed by atoms with Gasteiger partial charge in [0.25, 0.3) is 0 Å². The van der Waals surface area contributed by atoms with Gasteiger partial charge in [0, 0.05) is 5.41 Å². The fraction of sp³-hybridized carbons (Fsp3) is 0.900. The Balaban J connectivity index is 2.33. The van der Waals surface area contributed by atoms with Gasteiger partial charge in [0.15, 0.2) is 0 Å². The van der Waals surface area contributed by atoms with Gasteiger partial charge >= 0.3 is 0 Å². The van der Waals surface area contributed by atoms with Crippen LogP contribution in [0.2, 0.25) is 0 Å². The summed E-state index contributed by atoms with van der Waals surface area (Å²) in [5.41, 5.74) is -2.10. The first-order valence-corrected chi connectivity index (χ1v) is 9.17. The number of aliphatic hydroxyl groups is 3. The first-order valence-electron chi connectivity index (χ1n) is 9.17. The van der Waals surface area contributed by atoms with Gasteiger partial charge in [0.05, 0.1) is 17.3 Å². The molecule has 3 nitrogen and oxygen atoms in total. The molecule has 23 heavy (non-hydrogen) atoms. The van der Waals surface area contributed by atoms with E-state index >= 15 is 0 Å². The Hall–Kier alpha value is -0.380. The van der Waals surface area contributed by atoms with Gasteiger partial charge in [-0.2, -0.15) is 0 Å². The highest BCUT2D eigenvalue weighted by Gasteiger charge is 2.62. The Bertz CT molecular complexity index is 456. The second-order valence-corrected chi connectivity index (χ2v) is 9.22. The van der Waals surface area contributed by atoms with E-state index in [-0.39, 0.29) is 10.8 Å². The summed E-state index contributed by atoms with van der Waals surface area (Å²) in [5.74, 6) is 0.907. The van der Waals surface area contributed by atoms with Crippen LogP contribution in [0.15, 0.2) is 12.7 Å². The van der Waals surface area contributed by atoms with Crippen molar-refractivity contribution in [2.75, 3.05) is 0 Å².